The predicted octanol–water partition coefficient (Wildman–Crippen LogP) is 5.58. The van der Waals surface area contributed by atoms with Crippen LogP contribution in [0.4, 0.5) is 5.69 Å². The van der Waals surface area contributed by atoms with Gasteiger partial charge in [0.15, 0.2) is 0 Å². The normalized spacial score (nSPS) is 12.2. The van der Waals surface area contributed by atoms with E-state index >= 15 is 0 Å². The molecule has 7 nitrogen and oxygen atoms in total. The number of sulfonamides is 1. The zero-order valence-corrected chi connectivity index (χ0v) is 24.9. The van der Waals surface area contributed by atoms with Crippen LogP contribution in [-0.2, 0) is 32.6 Å². The third-order valence-corrected chi connectivity index (χ3v) is 8.02. The molecule has 0 aliphatic rings. The molecule has 11 heteroatoms. The Morgan fingerprint density at radius 1 is 0.846 bits per heavy atom. The number of nitrogens with one attached hydrogen (secondary N) is 1. The molecule has 2 amide bonds. The van der Waals surface area contributed by atoms with E-state index < -0.39 is 28.5 Å². The summed E-state index contributed by atoms with van der Waals surface area (Å²) >= 11 is 18.6. The Balaban J connectivity index is 2.08. The molecule has 1 atom stereocenters. The smallest absolute Gasteiger partial charge is 0.244 e. The number of para-hydroxylation sites is 1. The van der Waals surface area contributed by atoms with Crippen LogP contribution in [0.5, 0.6) is 0 Å². The van der Waals surface area contributed by atoms with Crippen LogP contribution in [-0.4, -0.2) is 50.0 Å². The average Bonchev–Trinajstić information content (AvgIpc) is 2.86. The van der Waals surface area contributed by atoms with Crippen molar-refractivity contribution in [1.29, 1.82) is 0 Å². The lowest BCUT2D eigenvalue weighted by molar-refractivity contribution is -0.140. The molecule has 0 aliphatic carbocycles. The number of nitrogens with zero attached hydrogens (tertiary/aromatic N) is 2. The van der Waals surface area contributed by atoms with Crippen LogP contribution in [0.15, 0.2) is 72.8 Å². The van der Waals surface area contributed by atoms with Crippen molar-refractivity contribution in [3.8, 4) is 0 Å². The highest BCUT2D eigenvalue weighted by Gasteiger charge is 2.33. The van der Waals surface area contributed by atoms with Crippen molar-refractivity contribution in [2.75, 3.05) is 17.1 Å². The summed E-state index contributed by atoms with van der Waals surface area (Å²) in [4.78, 5) is 28.9. The van der Waals surface area contributed by atoms with Gasteiger partial charge in [-0.2, -0.15) is 0 Å². The second-order valence-corrected chi connectivity index (χ2v) is 12.5. The number of benzene rings is 3. The average molecular weight is 611 g/mol. The van der Waals surface area contributed by atoms with E-state index in [0.717, 1.165) is 16.1 Å². The van der Waals surface area contributed by atoms with E-state index in [0.29, 0.717) is 15.6 Å². The molecule has 0 saturated heterocycles. The summed E-state index contributed by atoms with van der Waals surface area (Å²) in [6.07, 6.45) is 1.21. The highest BCUT2D eigenvalue weighted by Crippen LogP contribution is 2.28. The largest absolute Gasteiger partial charge is 0.352 e. The lowest BCUT2D eigenvalue weighted by Crippen LogP contribution is -2.54. The third-order valence-electron chi connectivity index (χ3n) is 5.84. The fraction of sp³-hybridized carbons (Fsp3) is 0.286. The molecule has 0 aromatic heterocycles. The van der Waals surface area contributed by atoms with Gasteiger partial charge in [-0.25, -0.2) is 8.42 Å². The van der Waals surface area contributed by atoms with Crippen molar-refractivity contribution < 1.29 is 18.0 Å². The third kappa shape index (κ3) is 8.60. The van der Waals surface area contributed by atoms with E-state index in [-0.39, 0.29) is 35.6 Å². The van der Waals surface area contributed by atoms with Crippen LogP contribution in [0.2, 0.25) is 15.1 Å². The number of hydrogen-bond acceptors (Lipinski definition) is 4. The monoisotopic (exact) mass is 609 g/mol. The summed E-state index contributed by atoms with van der Waals surface area (Å²) in [6, 6.07) is 19.4. The van der Waals surface area contributed by atoms with E-state index in [4.69, 9.17) is 34.8 Å². The minimum absolute atomic E-state index is 0.0150. The van der Waals surface area contributed by atoms with E-state index in [1.165, 1.54) is 11.0 Å². The van der Waals surface area contributed by atoms with Crippen LogP contribution in [0.1, 0.15) is 25.0 Å². The molecule has 3 aromatic carbocycles. The van der Waals surface area contributed by atoms with E-state index in [1.807, 2.05) is 44.2 Å². The highest BCUT2D eigenvalue weighted by molar-refractivity contribution is 7.92. The molecule has 0 unspecified atom stereocenters. The van der Waals surface area contributed by atoms with Gasteiger partial charge < -0.3 is 10.2 Å². The number of hydrogen-bond donors (Lipinski definition) is 1. The molecule has 0 radical (unpaired) electrons. The first-order valence-electron chi connectivity index (χ1n) is 12.2. The summed E-state index contributed by atoms with van der Waals surface area (Å²) in [6.45, 7) is 3.07. The lowest BCUT2D eigenvalue weighted by atomic mass is 10.0. The molecular weight excluding hydrogens is 581 g/mol. The number of carbonyl (C=O) groups excluding carboxylic acids is 2. The van der Waals surface area contributed by atoms with Gasteiger partial charge in [-0.15, -0.1) is 0 Å². The van der Waals surface area contributed by atoms with Gasteiger partial charge in [0.1, 0.15) is 12.6 Å². The molecule has 0 fully saturated rings. The van der Waals surface area contributed by atoms with Gasteiger partial charge in [0.05, 0.1) is 27.0 Å². The van der Waals surface area contributed by atoms with Crippen LogP contribution >= 0.6 is 34.8 Å². The van der Waals surface area contributed by atoms with Gasteiger partial charge in [0.2, 0.25) is 21.8 Å². The van der Waals surface area contributed by atoms with Crippen molar-refractivity contribution in [3.05, 3.63) is 99.0 Å². The molecule has 0 aliphatic heterocycles. The standard InChI is InChI=1S/C28H30Cl3N3O4S/c1-19(2)32-28(36)26(16-20-9-5-4-6-10-20)33(17-21-13-14-22(29)24(31)15-21)27(35)18-34(39(3,37)38)25-12-8-7-11-23(25)30/h4-15,19,26H,16-18H2,1-3H3,(H,32,36)/t26-/m0/s1. The van der Waals surface area contributed by atoms with E-state index in [2.05, 4.69) is 5.32 Å². The molecular formula is C28H30Cl3N3O4S. The van der Waals surface area contributed by atoms with Gasteiger partial charge in [-0.1, -0.05) is 83.3 Å². The molecule has 3 aromatic rings. The number of amides is 2. The van der Waals surface area contributed by atoms with Gasteiger partial charge in [-0.05, 0) is 49.2 Å². The molecule has 208 valence electrons. The summed E-state index contributed by atoms with van der Waals surface area (Å²) in [7, 11) is -3.92. The Morgan fingerprint density at radius 2 is 1.49 bits per heavy atom. The van der Waals surface area contributed by atoms with E-state index in [1.54, 1.807) is 36.4 Å². The first-order valence-corrected chi connectivity index (χ1v) is 15.1. The van der Waals surface area contributed by atoms with Crippen LogP contribution in [0.3, 0.4) is 0 Å². The van der Waals surface area contributed by atoms with Crippen molar-refractivity contribution in [1.82, 2.24) is 10.2 Å². The quantitative estimate of drug-likeness (QED) is 0.307. The molecule has 3 rings (SSSR count). The van der Waals surface area contributed by atoms with Gasteiger partial charge in [0.25, 0.3) is 0 Å². The van der Waals surface area contributed by atoms with Crippen molar-refractivity contribution in [2.45, 2.75) is 38.9 Å². The molecule has 39 heavy (non-hydrogen) atoms. The van der Waals surface area contributed by atoms with Crippen molar-refractivity contribution >= 4 is 62.3 Å². The van der Waals surface area contributed by atoms with Crippen molar-refractivity contribution in [2.24, 2.45) is 0 Å². The van der Waals surface area contributed by atoms with E-state index in [9.17, 15) is 18.0 Å². The topological polar surface area (TPSA) is 86.8 Å². The zero-order chi connectivity index (χ0) is 28.7. The van der Waals surface area contributed by atoms with Gasteiger partial charge >= 0.3 is 0 Å². The highest BCUT2D eigenvalue weighted by atomic mass is 35.5. The molecule has 0 heterocycles. The maximum Gasteiger partial charge on any atom is 0.244 e. The second-order valence-electron chi connectivity index (χ2n) is 9.36. The number of halogens is 3. The lowest BCUT2D eigenvalue weighted by Gasteiger charge is -2.34. The number of anilines is 1. The first kappa shape index (κ1) is 30.8. The molecule has 0 saturated carbocycles. The predicted molar refractivity (Wildman–Crippen MR) is 158 cm³/mol. The minimum atomic E-state index is -3.92. The fourth-order valence-electron chi connectivity index (χ4n) is 4.02. The summed E-state index contributed by atoms with van der Waals surface area (Å²) in [5.41, 5.74) is 1.62. The van der Waals surface area contributed by atoms with Crippen LogP contribution in [0.25, 0.3) is 0 Å². The molecule has 1 N–H and O–H groups in total. The zero-order valence-electron chi connectivity index (χ0n) is 21.8. The summed E-state index contributed by atoms with van der Waals surface area (Å²) < 4.78 is 26.6. The Labute approximate surface area is 244 Å². The fourth-order valence-corrected chi connectivity index (χ4v) is 5.49. The molecule has 0 bridgehead atoms. The van der Waals surface area contributed by atoms with Gasteiger partial charge in [-0.3, -0.25) is 13.9 Å². The van der Waals surface area contributed by atoms with Crippen molar-refractivity contribution in [3.63, 3.8) is 0 Å². The molecule has 0 spiro atoms. The maximum atomic E-state index is 14.0. The summed E-state index contributed by atoms with van der Waals surface area (Å²) in [5, 5.41) is 3.71. The first-order chi connectivity index (χ1) is 18.4. The number of rotatable bonds is 11. The van der Waals surface area contributed by atoms with Crippen LogP contribution in [0, 0.1) is 0 Å². The van der Waals surface area contributed by atoms with Gasteiger partial charge in [0, 0.05) is 19.0 Å². The van der Waals surface area contributed by atoms with Crippen LogP contribution < -0.4 is 9.62 Å². The Kier molecular flexibility index (Phi) is 10.7. The Bertz CT molecular complexity index is 1420. The Morgan fingerprint density at radius 3 is 2.08 bits per heavy atom. The Hall–Kier alpha value is -2.78. The maximum absolute atomic E-state index is 14.0. The number of carbonyl (C=O) groups is 2. The summed E-state index contributed by atoms with van der Waals surface area (Å²) in [5.74, 6) is -0.961. The minimum Gasteiger partial charge on any atom is -0.352 e. The second kappa shape index (κ2) is 13.5. The SMILES string of the molecule is CC(C)NC(=O)[C@H](Cc1ccccc1)N(Cc1ccc(Cl)c(Cl)c1)C(=O)CN(c1ccccc1Cl)S(C)(=O)=O.